The van der Waals surface area contributed by atoms with Crippen LogP contribution in [0.3, 0.4) is 0 Å². The maximum atomic E-state index is 11.2. The minimum atomic E-state index is -0.346. The second-order valence-electron chi connectivity index (χ2n) is 3.58. The maximum absolute atomic E-state index is 11.2. The van der Waals surface area contributed by atoms with Crippen molar-refractivity contribution in [1.29, 1.82) is 0 Å². The molecule has 0 bridgehead atoms. The molecular formula is C9H15BrO2S2. The summed E-state index contributed by atoms with van der Waals surface area (Å²) in [7, 11) is 0. The molecule has 0 spiro atoms. The lowest BCUT2D eigenvalue weighted by Crippen LogP contribution is -2.39. The quantitative estimate of drug-likeness (QED) is 0.578. The van der Waals surface area contributed by atoms with Gasteiger partial charge in [0.1, 0.15) is 5.33 Å². The van der Waals surface area contributed by atoms with Crippen molar-refractivity contribution in [3.63, 3.8) is 0 Å². The molecule has 14 heavy (non-hydrogen) atoms. The van der Waals surface area contributed by atoms with E-state index in [1.165, 1.54) is 0 Å². The van der Waals surface area contributed by atoms with Crippen LogP contribution in [0.5, 0.6) is 0 Å². The fraction of sp³-hybridized carbons (Fsp3) is 0.889. The zero-order chi connectivity index (χ0) is 10.8. The number of hydrogen-bond acceptors (Lipinski definition) is 4. The Balaban J connectivity index is 2.54. The molecule has 3 unspecified atom stereocenters. The molecule has 1 saturated heterocycles. The number of rotatable bonds is 2. The van der Waals surface area contributed by atoms with Gasteiger partial charge in [0.25, 0.3) is 0 Å². The van der Waals surface area contributed by atoms with Crippen LogP contribution in [0.4, 0.5) is 0 Å². The van der Waals surface area contributed by atoms with E-state index in [0.29, 0.717) is 10.5 Å². The first-order valence-corrected chi connectivity index (χ1v) is 7.59. The van der Waals surface area contributed by atoms with Gasteiger partial charge in [0.2, 0.25) is 0 Å². The summed E-state index contributed by atoms with van der Waals surface area (Å²) in [5.74, 6) is 0.699. The summed E-state index contributed by atoms with van der Waals surface area (Å²) in [6.07, 6.45) is 0. The Hall–Kier alpha value is 0.650. The van der Waals surface area contributed by atoms with E-state index in [9.17, 15) is 4.79 Å². The standard InChI is InChI=1S/C9H15BrO2S2/c1-6-7(2)14-9(3,5-13-6)12-8(11)4-10/h6-7H,4-5H2,1-3H3. The highest BCUT2D eigenvalue weighted by atomic mass is 79.9. The molecule has 1 aliphatic heterocycles. The van der Waals surface area contributed by atoms with Gasteiger partial charge in [0.05, 0.1) is 0 Å². The Morgan fingerprint density at radius 2 is 2.21 bits per heavy atom. The van der Waals surface area contributed by atoms with Gasteiger partial charge < -0.3 is 4.74 Å². The molecule has 1 aliphatic rings. The van der Waals surface area contributed by atoms with Crippen molar-refractivity contribution in [2.75, 3.05) is 11.1 Å². The number of carbonyl (C=O) groups excluding carboxylic acids is 1. The Labute approximate surface area is 102 Å². The van der Waals surface area contributed by atoms with Crippen molar-refractivity contribution in [1.82, 2.24) is 0 Å². The van der Waals surface area contributed by atoms with Crippen LogP contribution in [0, 0.1) is 0 Å². The van der Waals surface area contributed by atoms with Crippen LogP contribution in [0.2, 0.25) is 0 Å². The van der Waals surface area contributed by atoms with Gasteiger partial charge in [-0.2, -0.15) is 11.8 Å². The summed E-state index contributed by atoms with van der Waals surface area (Å²) in [5.41, 5.74) is 0. The summed E-state index contributed by atoms with van der Waals surface area (Å²) in [4.78, 5) is 10.8. The summed E-state index contributed by atoms with van der Waals surface area (Å²) in [6, 6.07) is 0. The Morgan fingerprint density at radius 1 is 1.57 bits per heavy atom. The van der Waals surface area contributed by atoms with E-state index in [1.54, 1.807) is 11.8 Å². The molecule has 0 N–H and O–H groups in total. The second-order valence-corrected chi connectivity index (χ2v) is 7.35. The average Bonchev–Trinajstić information content (AvgIpc) is 2.12. The first-order chi connectivity index (χ1) is 6.47. The second kappa shape index (κ2) is 5.12. The first kappa shape index (κ1) is 12.7. The number of hydrogen-bond donors (Lipinski definition) is 0. The molecule has 1 rings (SSSR count). The number of alkyl halides is 1. The monoisotopic (exact) mass is 298 g/mol. The largest absolute Gasteiger partial charge is 0.447 e. The summed E-state index contributed by atoms with van der Waals surface area (Å²) >= 11 is 6.73. The van der Waals surface area contributed by atoms with E-state index in [4.69, 9.17) is 4.74 Å². The maximum Gasteiger partial charge on any atom is 0.317 e. The smallest absolute Gasteiger partial charge is 0.317 e. The van der Waals surface area contributed by atoms with E-state index in [1.807, 2.05) is 18.7 Å². The van der Waals surface area contributed by atoms with Gasteiger partial charge in [-0.15, -0.1) is 11.8 Å². The van der Waals surface area contributed by atoms with Crippen molar-refractivity contribution in [2.45, 2.75) is 36.2 Å². The number of halogens is 1. The van der Waals surface area contributed by atoms with Crippen molar-refractivity contribution in [3.8, 4) is 0 Å². The molecular weight excluding hydrogens is 284 g/mol. The number of ether oxygens (including phenoxy) is 1. The molecule has 82 valence electrons. The van der Waals surface area contributed by atoms with Gasteiger partial charge in [0, 0.05) is 16.3 Å². The minimum Gasteiger partial charge on any atom is -0.447 e. The Kier molecular flexibility index (Phi) is 4.65. The van der Waals surface area contributed by atoms with Gasteiger partial charge in [0.15, 0.2) is 4.93 Å². The number of thioether (sulfide) groups is 2. The fourth-order valence-corrected chi connectivity index (χ4v) is 4.27. The number of esters is 1. The van der Waals surface area contributed by atoms with E-state index in [0.717, 1.165) is 5.75 Å². The SMILES string of the molecule is CC1SCC(C)(OC(=O)CBr)SC1C. The molecule has 0 saturated carbocycles. The Bertz CT molecular complexity index is 225. The van der Waals surface area contributed by atoms with E-state index >= 15 is 0 Å². The lowest BCUT2D eigenvalue weighted by Gasteiger charge is -2.38. The molecule has 1 heterocycles. The van der Waals surface area contributed by atoms with Crippen LogP contribution in [0.15, 0.2) is 0 Å². The molecule has 0 aromatic rings. The average molecular weight is 299 g/mol. The van der Waals surface area contributed by atoms with Crippen LogP contribution in [0.1, 0.15) is 20.8 Å². The third-order valence-electron chi connectivity index (χ3n) is 2.14. The number of carbonyl (C=O) groups is 1. The highest BCUT2D eigenvalue weighted by molar-refractivity contribution is 9.09. The van der Waals surface area contributed by atoms with Gasteiger partial charge in [-0.1, -0.05) is 29.8 Å². The molecule has 2 nitrogen and oxygen atoms in total. The zero-order valence-electron chi connectivity index (χ0n) is 8.58. The van der Waals surface area contributed by atoms with Gasteiger partial charge in [-0.3, -0.25) is 4.79 Å². The lowest BCUT2D eigenvalue weighted by atomic mass is 10.3. The van der Waals surface area contributed by atoms with Gasteiger partial charge in [-0.05, 0) is 6.92 Å². The summed E-state index contributed by atoms with van der Waals surface area (Å²) in [6.45, 7) is 6.39. The highest BCUT2D eigenvalue weighted by Gasteiger charge is 2.38. The molecule has 0 aliphatic carbocycles. The van der Waals surface area contributed by atoms with Crippen LogP contribution >= 0.6 is 39.5 Å². The van der Waals surface area contributed by atoms with Crippen LogP contribution in [-0.2, 0) is 9.53 Å². The van der Waals surface area contributed by atoms with Gasteiger partial charge in [-0.25, -0.2) is 0 Å². The molecule has 0 aromatic heterocycles. The van der Waals surface area contributed by atoms with E-state index in [2.05, 4.69) is 29.8 Å². The molecule has 5 heteroatoms. The van der Waals surface area contributed by atoms with Crippen molar-refractivity contribution < 1.29 is 9.53 Å². The predicted molar refractivity (Wildman–Crippen MR) is 67.3 cm³/mol. The summed E-state index contributed by atoms with van der Waals surface area (Å²) < 4.78 is 5.40. The highest BCUT2D eigenvalue weighted by Crippen LogP contribution is 2.43. The molecule has 0 amide bonds. The van der Waals surface area contributed by atoms with Crippen LogP contribution in [-0.4, -0.2) is 32.5 Å². The fourth-order valence-electron chi connectivity index (χ4n) is 1.26. The molecule has 1 fully saturated rings. The molecule has 0 aromatic carbocycles. The first-order valence-electron chi connectivity index (χ1n) is 4.54. The van der Waals surface area contributed by atoms with Crippen molar-refractivity contribution in [3.05, 3.63) is 0 Å². The van der Waals surface area contributed by atoms with Crippen molar-refractivity contribution in [2.24, 2.45) is 0 Å². The van der Waals surface area contributed by atoms with Crippen molar-refractivity contribution >= 4 is 45.4 Å². The summed E-state index contributed by atoms with van der Waals surface area (Å²) in [5, 5.41) is 1.44. The predicted octanol–water partition coefficient (Wildman–Crippen LogP) is 2.90. The van der Waals surface area contributed by atoms with Gasteiger partial charge >= 0.3 is 5.97 Å². The third-order valence-corrected chi connectivity index (χ3v) is 6.11. The Morgan fingerprint density at radius 3 is 2.71 bits per heavy atom. The van der Waals surface area contributed by atoms with E-state index < -0.39 is 0 Å². The topological polar surface area (TPSA) is 26.3 Å². The minimum absolute atomic E-state index is 0.178. The van der Waals surface area contributed by atoms with Crippen LogP contribution < -0.4 is 0 Å². The van der Waals surface area contributed by atoms with E-state index in [-0.39, 0.29) is 16.2 Å². The van der Waals surface area contributed by atoms with Crippen LogP contribution in [0.25, 0.3) is 0 Å². The molecule has 0 radical (unpaired) electrons. The normalized spacial score (nSPS) is 38.0. The molecule has 3 atom stereocenters. The third kappa shape index (κ3) is 3.35. The lowest BCUT2D eigenvalue weighted by molar-refractivity contribution is -0.145. The zero-order valence-corrected chi connectivity index (χ0v) is 11.8.